The Morgan fingerprint density at radius 2 is 2.20 bits per heavy atom. The highest BCUT2D eigenvalue weighted by molar-refractivity contribution is 7.89. The number of para-hydroxylation sites is 1. The average molecular weight is 384 g/mol. The van der Waals surface area contributed by atoms with Crippen molar-refractivity contribution in [1.29, 1.82) is 0 Å². The smallest absolute Gasteiger partial charge is 0.321 e. The molecule has 0 unspecified atom stereocenters. The van der Waals surface area contributed by atoms with Gasteiger partial charge in [-0.2, -0.15) is 4.31 Å². The molecule has 1 aromatic heterocycles. The first-order chi connectivity index (χ1) is 11.8. The molecule has 25 heavy (non-hydrogen) atoms. The number of carboxylic acids is 1. The van der Waals surface area contributed by atoms with Gasteiger partial charge in [0.25, 0.3) is 0 Å². The van der Waals surface area contributed by atoms with Crippen LogP contribution >= 0.6 is 11.3 Å². The zero-order valence-corrected chi connectivity index (χ0v) is 15.1. The van der Waals surface area contributed by atoms with Gasteiger partial charge in [-0.3, -0.25) is 4.79 Å². The molecule has 1 aromatic carbocycles. The Labute approximate surface area is 148 Å². The lowest BCUT2D eigenvalue weighted by Gasteiger charge is -2.25. The molecular weight excluding hydrogens is 368 g/mol. The number of rotatable bonds is 6. The Bertz CT molecular complexity index is 908. The van der Waals surface area contributed by atoms with E-state index in [-0.39, 0.29) is 24.0 Å². The van der Waals surface area contributed by atoms with E-state index in [0.717, 1.165) is 9.31 Å². The van der Waals surface area contributed by atoms with E-state index in [1.807, 2.05) is 0 Å². The van der Waals surface area contributed by atoms with E-state index in [0.29, 0.717) is 11.4 Å². The minimum absolute atomic E-state index is 0.0817. The molecule has 2 aromatic rings. The summed E-state index contributed by atoms with van der Waals surface area (Å²) in [6.07, 6.45) is 0. The van der Waals surface area contributed by atoms with Crippen LogP contribution in [0.3, 0.4) is 0 Å². The summed E-state index contributed by atoms with van der Waals surface area (Å²) in [5.41, 5.74) is 0.490. The van der Waals surface area contributed by atoms with Crippen molar-refractivity contribution in [2.45, 2.75) is 31.3 Å². The number of hydrogen-bond donors (Lipinski definition) is 1. The molecule has 10 heteroatoms. The highest BCUT2D eigenvalue weighted by Crippen LogP contribution is 2.39. The SMILES string of the molecule is Cc1nc(CN([C@H](C)C(=O)O)S(=O)(=O)c2cccc3c2OCO3)cs1. The minimum atomic E-state index is -4.15. The Kier molecular flexibility index (Phi) is 4.67. The first-order valence-corrected chi connectivity index (χ1v) is 9.67. The van der Waals surface area contributed by atoms with Gasteiger partial charge in [0.15, 0.2) is 11.5 Å². The Morgan fingerprint density at radius 1 is 1.44 bits per heavy atom. The van der Waals surface area contributed by atoms with Gasteiger partial charge in [0.2, 0.25) is 16.8 Å². The van der Waals surface area contributed by atoms with Gasteiger partial charge in [-0.25, -0.2) is 13.4 Å². The molecule has 2 heterocycles. The number of fused-ring (bicyclic) bond motifs is 1. The van der Waals surface area contributed by atoms with Crippen LogP contribution in [-0.4, -0.2) is 41.6 Å². The van der Waals surface area contributed by atoms with E-state index >= 15 is 0 Å². The fourth-order valence-electron chi connectivity index (χ4n) is 2.43. The summed E-state index contributed by atoms with van der Waals surface area (Å²) in [5, 5.41) is 11.8. The van der Waals surface area contributed by atoms with Crippen molar-refractivity contribution < 1.29 is 27.8 Å². The molecule has 0 fully saturated rings. The lowest BCUT2D eigenvalue weighted by Crippen LogP contribution is -2.42. The number of sulfonamides is 1. The molecule has 8 nitrogen and oxygen atoms in total. The number of benzene rings is 1. The Balaban J connectivity index is 2.05. The molecule has 0 aliphatic carbocycles. The van der Waals surface area contributed by atoms with Gasteiger partial charge in [0.1, 0.15) is 10.9 Å². The van der Waals surface area contributed by atoms with Crippen LogP contribution < -0.4 is 9.47 Å². The van der Waals surface area contributed by atoms with Crippen LogP contribution in [-0.2, 0) is 21.4 Å². The maximum Gasteiger partial charge on any atom is 0.321 e. The van der Waals surface area contributed by atoms with Crippen LogP contribution in [0, 0.1) is 6.92 Å². The molecule has 0 spiro atoms. The predicted octanol–water partition coefficient (Wildman–Crippen LogP) is 1.84. The molecule has 134 valence electrons. The summed E-state index contributed by atoms with van der Waals surface area (Å²) in [4.78, 5) is 15.6. The monoisotopic (exact) mass is 384 g/mol. The molecule has 0 saturated carbocycles. The number of aromatic nitrogens is 1. The van der Waals surface area contributed by atoms with Crippen LogP contribution in [0.5, 0.6) is 11.5 Å². The van der Waals surface area contributed by atoms with E-state index in [2.05, 4.69) is 4.98 Å². The minimum Gasteiger partial charge on any atom is -0.480 e. The van der Waals surface area contributed by atoms with Gasteiger partial charge in [0.05, 0.1) is 17.2 Å². The second kappa shape index (κ2) is 6.62. The first kappa shape index (κ1) is 17.6. The van der Waals surface area contributed by atoms with Crippen molar-refractivity contribution >= 4 is 27.3 Å². The number of carboxylic acid groups (broad SMARTS) is 1. The molecule has 3 rings (SSSR count). The summed E-state index contributed by atoms with van der Waals surface area (Å²) in [5.74, 6) is -0.840. The highest BCUT2D eigenvalue weighted by Gasteiger charge is 2.37. The second-order valence-electron chi connectivity index (χ2n) is 5.41. The Morgan fingerprint density at radius 3 is 2.84 bits per heavy atom. The zero-order valence-electron chi connectivity index (χ0n) is 13.5. The van der Waals surface area contributed by atoms with Gasteiger partial charge >= 0.3 is 5.97 Å². The molecule has 1 N–H and O–H groups in total. The molecule has 0 radical (unpaired) electrons. The van der Waals surface area contributed by atoms with Crippen molar-refractivity contribution in [2.24, 2.45) is 0 Å². The number of aryl methyl sites for hydroxylation is 1. The molecule has 1 aliphatic heterocycles. The fourth-order valence-corrected chi connectivity index (χ4v) is 4.74. The number of ether oxygens (including phenoxy) is 2. The van der Waals surface area contributed by atoms with Crippen molar-refractivity contribution in [1.82, 2.24) is 9.29 Å². The lowest BCUT2D eigenvalue weighted by atomic mass is 10.3. The largest absolute Gasteiger partial charge is 0.480 e. The van der Waals surface area contributed by atoms with Gasteiger partial charge in [-0.15, -0.1) is 11.3 Å². The van der Waals surface area contributed by atoms with Crippen LogP contribution in [0.1, 0.15) is 17.6 Å². The van der Waals surface area contributed by atoms with Crippen LogP contribution in [0.4, 0.5) is 0 Å². The second-order valence-corrected chi connectivity index (χ2v) is 8.33. The Hall–Kier alpha value is -2.17. The molecular formula is C15H16N2O6S2. The summed E-state index contributed by atoms with van der Waals surface area (Å²) in [6.45, 7) is 2.88. The van der Waals surface area contributed by atoms with E-state index < -0.39 is 22.0 Å². The lowest BCUT2D eigenvalue weighted by molar-refractivity contribution is -0.141. The maximum absolute atomic E-state index is 13.2. The van der Waals surface area contributed by atoms with Gasteiger partial charge in [-0.05, 0) is 26.0 Å². The molecule has 1 atom stereocenters. The van der Waals surface area contributed by atoms with E-state index in [4.69, 9.17) is 9.47 Å². The normalized spacial score (nSPS) is 14.7. The number of hydrogen-bond acceptors (Lipinski definition) is 7. The van der Waals surface area contributed by atoms with Gasteiger partial charge in [-0.1, -0.05) is 6.07 Å². The van der Waals surface area contributed by atoms with Crippen molar-refractivity contribution in [3.63, 3.8) is 0 Å². The predicted molar refractivity (Wildman–Crippen MR) is 89.2 cm³/mol. The molecule has 1 aliphatic rings. The molecule has 0 amide bonds. The van der Waals surface area contributed by atoms with Crippen molar-refractivity contribution in [2.75, 3.05) is 6.79 Å². The van der Waals surface area contributed by atoms with Crippen molar-refractivity contribution in [3.05, 3.63) is 34.3 Å². The number of aliphatic carboxylic acids is 1. The topological polar surface area (TPSA) is 106 Å². The van der Waals surface area contributed by atoms with Crippen LogP contribution in [0.25, 0.3) is 0 Å². The number of carbonyl (C=O) groups is 1. The summed E-state index contributed by atoms with van der Waals surface area (Å²) < 4.78 is 37.7. The van der Waals surface area contributed by atoms with E-state index in [9.17, 15) is 18.3 Å². The average Bonchev–Trinajstić information content (AvgIpc) is 3.19. The summed E-state index contributed by atoms with van der Waals surface area (Å²) in [6, 6.07) is 3.22. The third-order valence-corrected chi connectivity index (χ3v) is 6.48. The number of nitrogens with zero attached hydrogens (tertiary/aromatic N) is 2. The maximum atomic E-state index is 13.2. The third-order valence-electron chi connectivity index (χ3n) is 3.72. The first-order valence-electron chi connectivity index (χ1n) is 7.35. The van der Waals surface area contributed by atoms with Gasteiger partial charge in [0, 0.05) is 5.38 Å². The number of thiazole rings is 1. The molecule has 0 bridgehead atoms. The standard InChI is InChI=1S/C15H16N2O6S2/c1-9(15(18)19)17(6-11-7-24-10(2)16-11)25(20,21)13-5-3-4-12-14(13)23-8-22-12/h3-5,7,9H,6,8H2,1-2H3,(H,18,19)/t9-/m1/s1. The van der Waals surface area contributed by atoms with Crippen molar-refractivity contribution in [3.8, 4) is 11.5 Å². The van der Waals surface area contributed by atoms with Gasteiger partial charge < -0.3 is 14.6 Å². The van der Waals surface area contributed by atoms with E-state index in [1.165, 1.54) is 30.4 Å². The van der Waals surface area contributed by atoms with E-state index in [1.54, 1.807) is 18.4 Å². The zero-order chi connectivity index (χ0) is 18.2. The highest BCUT2D eigenvalue weighted by atomic mass is 32.2. The quantitative estimate of drug-likeness (QED) is 0.810. The third kappa shape index (κ3) is 3.32. The summed E-state index contributed by atoms with van der Waals surface area (Å²) in [7, 11) is -4.15. The fraction of sp³-hybridized carbons (Fsp3) is 0.333. The van der Waals surface area contributed by atoms with Crippen LogP contribution in [0.15, 0.2) is 28.5 Å². The summed E-state index contributed by atoms with van der Waals surface area (Å²) >= 11 is 1.37. The molecule has 0 saturated heterocycles. The van der Waals surface area contributed by atoms with Crippen LogP contribution in [0.2, 0.25) is 0 Å².